The van der Waals surface area contributed by atoms with Crippen LogP contribution in [0.15, 0.2) is 11.4 Å². The first kappa shape index (κ1) is 13.5. The third-order valence-corrected chi connectivity index (χ3v) is 6.72. The van der Waals surface area contributed by atoms with Crippen molar-refractivity contribution in [2.24, 2.45) is 0 Å². The van der Waals surface area contributed by atoms with E-state index < -0.39 is 0 Å². The maximum absolute atomic E-state index is 4.64. The quantitative estimate of drug-likeness (QED) is 0.935. The number of nitrogens with zero attached hydrogens (tertiary/aromatic N) is 2. The van der Waals surface area contributed by atoms with Crippen LogP contribution in [0.4, 0.5) is 5.82 Å². The second-order valence-corrected chi connectivity index (χ2v) is 7.88. The highest BCUT2D eigenvalue weighted by Gasteiger charge is 2.15. The molecule has 1 aliphatic heterocycles. The molecule has 3 rings (SSSR count). The lowest BCUT2D eigenvalue weighted by atomic mass is 10.3. The summed E-state index contributed by atoms with van der Waals surface area (Å²) < 4.78 is 0. The van der Waals surface area contributed by atoms with Gasteiger partial charge in [0, 0.05) is 35.5 Å². The minimum absolute atomic E-state index is 0.701. The Balaban J connectivity index is 1.77. The van der Waals surface area contributed by atoms with Crippen LogP contribution in [0.5, 0.6) is 0 Å². The van der Waals surface area contributed by atoms with E-state index in [2.05, 4.69) is 57.2 Å². The molecule has 1 aliphatic rings. The van der Waals surface area contributed by atoms with Gasteiger partial charge in [0.05, 0.1) is 5.39 Å². The Morgan fingerprint density at radius 1 is 1.37 bits per heavy atom. The lowest BCUT2D eigenvalue weighted by Gasteiger charge is -2.21. The average molecular weight is 312 g/mol. The molecule has 0 radical (unpaired) electrons. The van der Waals surface area contributed by atoms with Gasteiger partial charge in [0.2, 0.25) is 0 Å². The lowest BCUT2D eigenvalue weighted by Crippen LogP contribution is -2.23. The molecule has 6 heteroatoms. The molecular formula is C13H17N3S3. The fourth-order valence-electron chi connectivity index (χ4n) is 2.06. The first-order valence-corrected chi connectivity index (χ1v) is 9.62. The van der Waals surface area contributed by atoms with Crippen LogP contribution < -0.4 is 5.32 Å². The number of hydrogen-bond acceptors (Lipinski definition) is 6. The first-order valence-electron chi connectivity index (χ1n) is 6.54. The zero-order valence-electron chi connectivity index (χ0n) is 10.9. The van der Waals surface area contributed by atoms with Crippen LogP contribution in [-0.2, 0) is 6.42 Å². The lowest BCUT2D eigenvalue weighted by molar-refractivity contribution is 0.944. The second kappa shape index (κ2) is 6.33. The van der Waals surface area contributed by atoms with E-state index in [9.17, 15) is 0 Å². The predicted molar refractivity (Wildman–Crippen MR) is 88.9 cm³/mol. The molecular weight excluding hydrogens is 294 g/mol. The Labute approximate surface area is 126 Å². The molecule has 0 aliphatic carbocycles. The van der Waals surface area contributed by atoms with Crippen molar-refractivity contribution < 1.29 is 0 Å². The zero-order chi connectivity index (χ0) is 13.1. The predicted octanol–water partition coefficient (Wildman–Crippen LogP) is 3.51. The van der Waals surface area contributed by atoms with Crippen molar-refractivity contribution in [3.05, 3.63) is 17.3 Å². The zero-order valence-corrected chi connectivity index (χ0v) is 13.3. The van der Waals surface area contributed by atoms with E-state index in [1.807, 2.05) is 0 Å². The number of rotatable bonds is 4. The summed E-state index contributed by atoms with van der Waals surface area (Å²) in [5.74, 6) is 5.76. The molecule has 0 amide bonds. The summed E-state index contributed by atoms with van der Waals surface area (Å²) in [6.07, 6.45) is 0.885. The van der Waals surface area contributed by atoms with Crippen molar-refractivity contribution in [2.75, 3.05) is 29.1 Å². The molecule has 2 aromatic rings. The first-order chi connectivity index (χ1) is 9.36. The highest BCUT2D eigenvalue weighted by molar-refractivity contribution is 8.06. The highest BCUT2D eigenvalue weighted by Crippen LogP contribution is 2.27. The molecule has 102 valence electrons. The van der Waals surface area contributed by atoms with E-state index >= 15 is 0 Å². The summed E-state index contributed by atoms with van der Waals surface area (Å²) >= 11 is 5.83. The second-order valence-electron chi connectivity index (χ2n) is 4.43. The molecule has 3 nitrogen and oxygen atoms in total. The van der Waals surface area contributed by atoms with Crippen LogP contribution in [0.1, 0.15) is 12.7 Å². The van der Waals surface area contributed by atoms with Gasteiger partial charge in [-0.15, -0.1) is 11.3 Å². The summed E-state index contributed by atoms with van der Waals surface area (Å²) in [6, 6.07) is 2.12. The normalized spacial score (nSPS) is 19.7. The van der Waals surface area contributed by atoms with Crippen LogP contribution in [0, 0.1) is 0 Å². The fraction of sp³-hybridized carbons (Fsp3) is 0.538. The van der Waals surface area contributed by atoms with Crippen LogP contribution in [-0.4, -0.2) is 39.0 Å². The summed E-state index contributed by atoms with van der Waals surface area (Å²) in [4.78, 5) is 10.3. The van der Waals surface area contributed by atoms with Gasteiger partial charge >= 0.3 is 0 Å². The molecule has 1 atom stereocenters. The van der Waals surface area contributed by atoms with Gasteiger partial charge in [0.1, 0.15) is 16.5 Å². The van der Waals surface area contributed by atoms with E-state index in [1.54, 1.807) is 11.3 Å². The van der Waals surface area contributed by atoms with Crippen molar-refractivity contribution in [3.8, 4) is 0 Å². The molecule has 0 bridgehead atoms. The van der Waals surface area contributed by atoms with Gasteiger partial charge < -0.3 is 5.32 Å². The fourth-order valence-corrected chi connectivity index (χ4v) is 5.45. The molecule has 1 N–H and O–H groups in total. The third-order valence-electron chi connectivity index (χ3n) is 3.07. The molecule has 19 heavy (non-hydrogen) atoms. The van der Waals surface area contributed by atoms with Gasteiger partial charge in [-0.1, -0.05) is 6.92 Å². The third kappa shape index (κ3) is 3.17. The SMILES string of the molecule is CCc1nc(NCC2CSCCS2)c2ccsc2n1. The van der Waals surface area contributed by atoms with Crippen molar-refractivity contribution in [2.45, 2.75) is 18.6 Å². The van der Waals surface area contributed by atoms with Gasteiger partial charge in [0.25, 0.3) is 0 Å². The van der Waals surface area contributed by atoms with Crippen molar-refractivity contribution in [3.63, 3.8) is 0 Å². The number of thiophene rings is 1. The summed E-state index contributed by atoms with van der Waals surface area (Å²) in [5, 5.41) is 7.50. The number of nitrogens with one attached hydrogen (secondary N) is 1. The average Bonchev–Trinajstić information content (AvgIpc) is 2.94. The molecule has 0 aromatic carbocycles. The monoisotopic (exact) mass is 311 g/mol. The standard InChI is InChI=1S/C13H17N3S3/c1-2-11-15-12(10-3-4-19-13(10)16-11)14-7-9-8-17-5-6-18-9/h3-4,9H,2,5-8H2,1H3,(H,14,15,16). The van der Waals surface area contributed by atoms with Crippen LogP contribution in [0.2, 0.25) is 0 Å². The number of aromatic nitrogens is 2. The van der Waals surface area contributed by atoms with Crippen LogP contribution >= 0.6 is 34.9 Å². The number of fused-ring (bicyclic) bond motifs is 1. The van der Waals surface area contributed by atoms with E-state index in [0.717, 1.165) is 34.8 Å². The Kier molecular flexibility index (Phi) is 4.50. The maximum atomic E-state index is 4.64. The molecule has 0 spiro atoms. The molecule has 3 heterocycles. The smallest absolute Gasteiger partial charge is 0.138 e. The van der Waals surface area contributed by atoms with E-state index in [-0.39, 0.29) is 0 Å². The van der Waals surface area contributed by atoms with Gasteiger partial charge in [-0.3, -0.25) is 0 Å². The largest absolute Gasteiger partial charge is 0.368 e. The van der Waals surface area contributed by atoms with Gasteiger partial charge in [0.15, 0.2) is 0 Å². The van der Waals surface area contributed by atoms with E-state index in [4.69, 9.17) is 0 Å². The summed E-state index contributed by atoms with van der Waals surface area (Å²) in [6.45, 7) is 3.11. The minimum atomic E-state index is 0.701. The summed E-state index contributed by atoms with van der Waals surface area (Å²) in [7, 11) is 0. The molecule has 1 saturated heterocycles. The number of aryl methyl sites for hydroxylation is 1. The summed E-state index contributed by atoms with van der Waals surface area (Å²) in [5.41, 5.74) is 0. The van der Waals surface area contributed by atoms with Crippen molar-refractivity contribution in [1.82, 2.24) is 9.97 Å². The number of hydrogen-bond donors (Lipinski definition) is 1. The number of anilines is 1. The van der Waals surface area contributed by atoms with Gasteiger partial charge in [-0.2, -0.15) is 23.5 Å². The Morgan fingerprint density at radius 2 is 2.32 bits per heavy atom. The van der Waals surface area contributed by atoms with Crippen LogP contribution in [0.3, 0.4) is 0 Å². The van der Waals surface area contributed by atoms with Gasteiger partial charge in [-0.05, 0) is 11.4 Å². The van der Waals surface area contributed by atoms with E-state index in [0.29, 0.717) is 5.25 Å². The topological polar surface area (TPSA) is 37.8 Å². The Hall–Kier alpha value is -0.460. The Bertz CT molecular complexity index is 549. The Morgan fingerprint density at radius 3 is 3.11 bits per heavy atom. The molecule has 2 aromatic heterocycles. The van der Waals surface area contributed by atoms with E-state index in [1.165, 1.54) is 17.3 Å². The molecule has 1 unspecified atom stereocenters. The minimum Gasteiger partial charge on any atom is -0.368 e. The molecule has 0 saturated carbocycles. The maximum Gasteiger partial charge on any atom is 0.138 e. The van der Waals surface area contributed by atoms with Crippen molar-refractivity contribution in [1.29, 1.82) is 0 Å². The van der Waals surface area contributed by atoms with Crippen molar-refractivity contribution >= 4 is 50.9 Å². The highest BCUT2D eigenvalue weighted by atomic mass is 32.2. The number of thioether (sulfide) groups is 2. The van der Waals surface area contributed by atoms with Crippen LogP contribution in [0.25, 0.3) is 10.2 Å². The molecule has 1 fully saturated rings. The van der Waals surface area contributed by atoms with Gasteiger partial charge in [-0.25, -0.2) is 9.97 Å².